The Morgan fingerprint density at radius 2 is 2.00 bits per heavy atom. The molecule has 0 heterocycles. The molecule has 0 N–H and O–H groups in total. The molecule has 1 aromatic rings. The summed E-state index contributed by atoms with van der Waals surface area (Å²) >= 11 is 0. The van der Waals surface area contributed by atoms with Crippen LogP contribution in [0.1, 0.15) is 5.56 Å². The Morgan fingerprint density at radius 1 is 1.36 bits per heavy atom. The number of hydrogen-bond acceptors (Lipinski definition) is 2. The monoisotopic (exact) mass is 195 g/mol. The molecule has 11 heavy (non-hydrogen) atoms. The number of benzene rings is 1. The van der Waals surface area contributed by atoms with Crippen LogP contribution < -0.4 is 4.52 Å². The molecular weight excluding hydrogens is 187 g/mol. The maximum atomic E-state index is 10.1. The van der Waals surface area contributed by atoms with Crippen LogP contribution in [-0.2, 0) is 4.57 Å². The maximum absolute atomic E-state index is 10.1. The molecule has 0 saturated carbocycles. The molecule has 0 aromatic heterocycles. The van der Waals surface area contributed by atoms with Crippen LogP contribution in [0.4, 0.5) is 0 Å². The summed E-state index contributed by atoms with van der Waals surface area (Å²) in [5.41, 5.74) is 1.01. The Labute approximate surface area is 97.2 Å². The van der Waals surface area contributed by atoms with E-state index in [-0.39, 0.29) is 37.7 Å². The zero-order valence-corrected chi connectivity index (χ0v) is 9.54. The van der Waals surface area contributed by atoms with Gasteiger partial charge in [0.25, 0.3) is 0 Å². The second-order valence-electron chi connectivity index (χ2n) is 1.95. The average Bonchev–Trinajstić information content (AvgIpc) is 1.94. The van der Waals surface area contributed by atoms with Crippen molar-refractivity contribution in [1.29, 1.82) is 0 Å². The topological polar surface area (TPSA) is 26.3 Å². The van der Waals surface area contributed by atoms with E-state index in [1.165, 1.54) is 0 Å². The zero-order chi connectivity index (χ0) is 7.40. The fourth-order valence-corrected chi connectivity index (χ4v) is 1.03. The molecule has 2 radical (unpaired) electrons. The van der Waals surface area contributed by atoms with Crippen molar-refractivity contribution in [1.82, 2.24) is 0 Å². The Kier molecular flexibility index (Phi) is 6.16. The Hall–Kier alpha value is 0.380. The van der Waals surface area contributed by atoms with E-state index < -0.39 is 8.69 Å². The van der Waals surface area contributed by atoms with Crippen LogP contribution in [0.25, 0.3) is 0 Å². The van der Waals surface area contributed by atoms with Gasteiger partial charge in [0.05, 0.1) is 0 Å². The van der Waals surface area contributed by atoms with Gasteiger partial charge in [0.1, 0.15) is 0 Å². The zero-order valence-electron chi connectivity index (χ0n) is 6.33. The normalized spacial score (nSPS) is 8.82. The predicted octanol–water partition coefficient (Wildman–Crippen LogP) is 1.93. The second-order valence-corrected chi connectivity index (χ2v) is 2.32. The van der Waals surface area contributed by atoms with Crippen LogP contribution in [0.15, 0.2) is 24.3 Å². The molecule has 1 atom stereocenters. The molecule has 54 valence electrons. The van der Waals surface area contributed by atoms with E-state index in [2.05, 4.69) is 0 Å². The molecule has 0 bridgehead atoms. The molecule has 0 fully saturated rings. The molecule has 0 aliphatic heterocycles. The van der Waals surface area contributed by atoms with Gasteiger partial charge in [-0.15, -0.1) is 0 Å². The minimum absolute atomic E-state index is 0. The van der Waals surface area contributed by atoms with Gasteiger partial charge in [-0.05, 0) is 23.1 Å². The smallest absolute Gasteiger partial charge is 0.256 e. The van der Waals surface area contributed by atoms with E-state index >= 15 is 0 Å². The van der Waals surface area contributed by atoms with Crippen molar-refractivity contribution < 1.29 is 9.09 Å². The van der Waals surface area contributed by atoms with Gasteiger partial charge in [0.15, 0.2) is 5.75 Å². The first-order valence-corrected chi connectivity index (χ1v) is 3.76. The molecule has 0 spiro atoms. The molecule has 0 aliphatic carbocycles. The van der Waals surface area contributed by atoms with Crippen LogP contribution in [-0.4, -0.2) is 37.7 Å². The van der Waals surface area contributed by atoms with Crippen LogP contribution >= 0.6 is 8.69 Å². The molecule has 0 amide bonds. The minimum atomic E-state index is -0.718. The van der Waals surface area contributed by atoms with Crippen molar-refractivity contribution in [3.63, 3.8) is 0 Å². The third kappa shape index (κ3) is 3.52. The van der Waals surface area contributed by atoms with Gasteiger partial charge in [-0.3, -0.25) is 4.52 Å². The largest absolute Gasteiger partial charge is 0.542 e. The third-order valence-electron chi connectivity index (χ3n) is 1.25. The second kappa shape index (κ2) is 5.96. The molecule has 0 saturated heterocycles. The number of aryl methyl sites for hydroxylation is 1. The molecule has 1 aromatic carbocycles. The van der Waals surface area contributed by atoms with Crippen LogP contribution in [0, 0.1) is 6.92 Å². The van der Waals surface area contributed by atoms with Crippen molar-refractivity contribution in [2.45, 2.75) is 6.92 Å². The number of rotatable bonds is 2. The van der Waals surface area contributed by atoms with Gasteiger partial charge < -0.3 is 0 Å². The number of hydrogen-bond donors (Lipinski definition) is 0. The molecular formula is C7H8CaO2P+. The first kappa shape index (κ1) is 11.4. The summed E-state index contributed by atoms with van der Waals surface area (Å²) in [6.07, 6.45) is 0. The summed E-state index contributed by atoms with van der Waals surface area (Å²) < 4.78 is 14.9. The molecule has 1 unspecified atom stereocenters. The van der Waals surface area contributed by atoms with E-state index in [0.717, 1.165) is 5.56 Å². The van der Waals surface area contributed by atoms with Gasteiger partial charge in [-0.25, -0.2) is 0 Å². The van der Waals surface area contributed by atoms with E-state index in [0.29, 0.717) is 5.75 Å². The van der Waals surface area contributed by atoms with Crippen LogP contribution in [0.2, 0.25) is 0 Å². The van der Waals surface area contributed by atoms with Gasteiger partial charge in [-0.2, -0.15) is 0 Å². The summed E-state index contributed by atoms with van der Waals surface area (Å²) in [6, 6.07) is 7.47. The average molecular weight is 195 g/mol. The van der Waals surface area contributed by atoms with Gasteiger partial charge >= 0.3 is 8.69 Å². The fraction of sp³-hybridized carbons (Fsp3) is 0.143. The van der Waals surface area contributed by atoms with Gasteiger partial charge in [0.2, 0.25) is 0 Å². The molecule has 2 nitrogen and oxygen atoms in total. The minimum Gasteiger partial charge on any atom is -0.256 e. The van der Waals surface area contributed by atoms with Crippen LogP contribution in [0.3, 0.4) is 0 Å². The third-order valence-corrected chi connectivity index (χ3v) is 1.55. The SMILES string of the molecule is Cc1ccccc1O[PH+]=O.[Ca]. The summed E-state index contributed by atoms with van der Waals surface area (Å²) in [5, 5.41) is 0. The summed E-state index contributed by atoms with van der Waals surface area (Å²) in [4.78, 5) is 0. The Morgan fingerprint density at radius 3 is 2.55 bits per heavy atom. The molecule has 1 rings (SSSR count). The number of para-hydroxylation sites is 1. The van der Waals surface area contributed by atoms with E-state index in [1.807, 2.05) is 25.1 Å². The van der Waals surface area contributed by atoms with Gasteiger partial charge in [0, 0.05) is 37.7 Å². The first-order chi connectivity index (χ1) is 4.84. The molecule has 0 aliphatic rings. The first-order valence-electron chi connectivity index (χ1n) is 2.94. The van der Waals surface area contributed by atoms with Crippen molar-refractivity contribution in [3.8, 4) is 5.75 Å². The van der Waals surface area contributed by atoms with Crippen molar-refractivity contribution >= 4 is 46.4 Å². The molecule has 4 heteroatoms. The fourth-order valence-electron chi connectivity index (χ4n) is 0.716. The van der Waals surface area contributed by atoms with Gasteiger partial charge in [-0.1, -0.05) is 18.2 Å². The summed E-state index contributed by atoms with van der Waals surface area (Å²) in [7, 11) is -0.718. The maximum Gasteiger partial charge on any atom is 0.542 e. The van der Waals surface area contributed by atoms with E-state index in [1.54, 1.807) is 6.07 Å². The van der Waals surface area contributed by atoms with Crippen LogP contribution in [0.5, 0.6) is 5.75 Å². The quantitative estimate of drug-likeness (QED) is 0.532. The summed E-state index contributed by atoms with van der Waals surface area (Å²) in [5.74, 6) is 0.691. The van der Waals surface area contributed by atoms with E-state index in [9.17, 15) is 4.57 Å². The Bertz CT molecular complexity index is 240. The van der Waals surface area contributed by atoms with Crippen molar-refractivity contribution in [3.05, 3.63) is 29.8 Å². The predicted molar refractivity (Wildman–Crippen MR) is 46.6 cm³/mol. The summed E-state index contributed by atoms with van der Waals surface area (Å²) in [6.45, 7) is 1.91. The van der Waals surface area contributed by atoms with Crippen molar-refractivity contribution in [2.75, 3.05) is 0 Å². The standard InChI is InChI=1S/C7H8O2P.Ca/c1-6-4-2-3-5-7(6)9-10-8;/h2-5,10H,1H3;/q+1;. The Balaban J connectivity index is 0.000001000. The van der Waals surface area contributed by atoms with E-state index in [4.69, 9.17) is 4.52 Å². The van der Waals surface area contributed by atoms with Crippen molar-refractivity contribution in [2.24, 2.45) is 0 Å².